The van der Waals surface area contributed by atoms with Gasteiger partial charge in [0.15, 0.2) is 5.01 Å². The summed E-state index contributed by atoms with van der Waals surface area (Å²) in [5, 5.41) is 4.80. The number of hydrogen-bond acceptors (Lipinski definition) is 6. The van der Waals surface area contributed by atoms with Gasteiger partial charge in [-0.1, -0.05) is 0 Å². The van der Waals surface area contributed by atoms with E-state index in [0.717, 1.165) is 19.4 Å². The average molecular weight is 374 g/mol. The van der Waals surface area contributed by atoms with Gasteiger partial charge in [-0.25, -0.2) is 4.98 Å². The fraction of sp³-hybridized carbons (Fsp3) is 0.667. The lowest BCUT2D eigenvalue weighted by Gasteiger charge is -2.39. The van der Waals surface area contributed by atoms with E-state index < -0.39 is 10.6 Å². The lowest BCUT2D eigenvalue weighted by molar-refractivity contribution is 0.0742. The summed E-state index contributed by atoms with van der Waals surface area (Å²) in [6, 6.07) is 0.150. The van der Waals surface area contributed by atoms with Crippen molar-refractivity contribution in [2.45, 2.75) is 44.7 Å². The van der Waals surface area contributed by atoms with E-state index in [-0.39, 0.29) is 28.9 Å². The SMILES string of the molecule is CC1CCCN1C(=O)c1csc(C(=O)NC2CCS(O)(O)CC2)n1. The van der Waals surface area contributed by atoms with Crippen molar-refractivity contribution >= 4 is 33.7 Å². The number of carbonyl (C=O) groups excluding carboxylic acids is 2. The fourth-order valence-electron chi connectivity index (χ4n) is 3.16. The zero-order valence-electron chi connectivity index (χ0n) is 13.6. The molecule has 1 unspecified atom stereocenters. The largest absolute Gasteiger partial charge is 0.347 e. The maximum absolute atomic E-state index is 12.4. The topological polar surface area (TPSA) is 103 Å². The highest BCUT2D eigenvalue weighted by molar-refractivity contribution is 8.24. The van der Waals surface area contributed by atoms with Crippen LogP contribution in [-0.2, 0) is 0 Å². The monoisotopic (exact) mass is 373 g/mol. The van der Waals surface area contributed by atoms with E-state index in [1.165, 1.54) is 11.3 Å². The predicted octanol–water partition coefficient (Wildman–Crippen LogP) is 2.41. The van der Waals surface area contributed by atoms with Crippen LogP contribution < -0.4 is 5.32 Å². The Morgan fingerprint density at radius 1 is 1.33 bits per heavy atom. The minimum atomic E-state index is -2.45. The van der Waals surface area contributed by atoms with Crippen LogP contribution in [0.1, 0.15) is 52.9 Å². The van der Waals surface area contributed by atoms with E-state index in [0.29, 0.717) is 30.0 Å². The van der Waals surface area contributed by atoms with Crippen molar-refractivity contribution < 1.29 is 18.7 Å². The first-order chi connectivity index (χ1) is 11.4. The number of thiazole rings is 1. The third kappa shape index (κ3) is 3.90. The molecule has 24 heavy (non-hydrogen) atoms. The van der Waals surface area contributed by atoms with Crippen LogP contribution in [0.2, 0.25) is 0 Å². The van der Waals surface area contributed by atoms with Crippen molar-refractivity contribution in [3.05, 3.63) is 16.1 Å². The van der Waals surface area contributed by atoms with Gasteiger partial charge in [-0.3, -0.25) is 18.7 Å². The summed E-state index contributed by atoms with van der Waals surface area (Å²) in [5.41, 5.74) is 0.330. The van der Waals surface area contributed by atoms with Gasteiger partial charge in [-0.2, -0.15) is 10.6 Å². The Balaban J connectivity index is 1.59. The van der Waals surface area contributed by atoms with E-state index in [1.54, 1.807) is 5.38 Å². The average Bonchev–Trinajstić information content (AvgIpc) is 3.18. The van der Waals surface area contributed by atoms with Crippen LogP contribution in [-0.4, -0.2) is 60.9 Å². The number of aromatic nitrogens is 1. The van der Waals surface area contributed by atoms with Gasteiger partial charge in [0.25, 0.3) is 11.8 Å². The molecule has 0 saturated carbocycles. The Bertz CT molecular complexity index is 624. The minimum absolute atomic E-state index is 0.0703. The van der Waals surface area contributed by atoms with Crippen molar-refractivity contribution in [3.8, 4) is 0 Å². The smallest absolute Gasteiger partial charge is 0.280 e. The second-order valence-electron chi connectivity index (χ2n) is 6.49. The van der Waals surface area contributed by atoms with Crippen LogP contribution >= 0.6 is 21.9 Å². The van der Waals surface area contributed by atoms with Gasteiger partial charge in [0, 0.05) is 35.5 Å². The van der Waals surface area contributed by atoms with Gasteiger partial charge in [0.1, 0.15) is 5.69 Å². The van der Waals surface area contributed by atoms with Crippen molar-refractivity contribution in [1.29, 1.82) is 0 Å². The molecular weight excluding hydrogens is 350 g/mol. The Labute approximate surface area is 146 Å². The molecule has 0 radical (unpaired) electrons. The highest BCUT2D eigenvalue weighted by Gasteiger charge is 2.29. The van der Waals surface area contributed by atoms with Crippen LogP contribution in [0.3, 0.4) is 0 Å². The van der Waals surface area contributed by atoms with Gasteiger partial charge >= 0.3 is 0 Å². The minimum Gasteiger partial charge on any atom is -0.347 e. The molecule has 3 heterocycles. The predicted molar refractivity (Wildman–Crippen MR) is 94.9 cm³/mol. The van der Waals surface area contributed by atoms with Crippen LogP contribution in [0.5, 0.6) is 0 Å². The lowest BCUT2D eigenvalue weighted by Crippen LogP contribution is -2.39. The molecule has 0 aromatic carbocycles. The fourth-order valence-corrected chi connectivity index (χ4v) is 5.38. The maximum Gasteiger partial charge on any atom is 0.280 e. The molecular formula is C15H23N3O4S2. The Hall–Kier alpha value is -1.16. The second kappa shape index (κ2) is 6.99. The molecule has 0 aliphatic carbocycles. The lowest BCUT2D eigenvalue weighted by atomic mass is 10.1. The quantitative estimate of drug-likeness (QED) is 0.755. The summed E-state index contributed by atoms with van der Waals surface area (Å²) in [6.07, 6.45) is 3.11. The third-order valence-corrected chi connectivity index (χ3v) is 7.27. The summed E-state index contributed by atoms with van der Waals surface area (Å²) in [4.78, 5) is 30.7. The number of nitrogens with one attached hydrogen (secondary N) is 1. The second-order valence-corrected chi connectivity index (χ2v) is 9.76. The molecule has 3 N–H and O–H groups in total. The summed E-state index contributed by atoms with van der Waals surface area (Å²) in [5.74, 6) is 0.248. The summed E-state index contributed by atoms with van der Waals surface area (Å²) >= 11 is 1.17. The number of likely N-dealkylation sites (tertiary alicyclic amines) is 1. The van der Waals surface area contributed by atoms with E-state index in [2.05, 4.69) is 10.3 Å². The molecule has 2 saturated heterocycles. The number of carbonyl (C=O) groups is 2. The molecule has 1 aromatic heterocycles. The van der Waals surface area contributed by atoms with E-state index in [9.17, 15) is 18.7 Å². The van der Waals surface area contributed by atoms with Crippen molar-refractivity contribution in [3.63, 3.8) is 0 Å². The van der Waals surface area contributed by atoms with Gasteiger partial charge in [-0.15, -0.1) is 11.3 Å². The molecule has 3 rings (SSSR count). The number of amides is 2. The van der Waals surface area contributed by atoms with E-state index >= 15 is 0 Å². The standard InChI is InChI=1S/C15H23N3O4S2/c1-10-3-2-6-18(10)15(20)12-9-23-14(17-12)13(19)16-11-4-7-24(21,22)8-5-11/h9-11,21-22H,2-8H2,1H3,(H,16,19). The van der Waals surface area contributed by atoms with Crippen molar-refractivity contribution in [2.24, 2.45) is 0 Å². The van der Waals surface area contributed by atoms with Crippen LogP contribution in [0.25, 0.3) is 0 Å². The highest BCUT2D eigenvalue weighted by Crippen LogP contribution is 2.43. The highest BCUT2D eigenvalue weighted by atomic mass is 32.3. The molecule has 2 amide bonds. The van der Waals surface area contributed by atoms with Crippen molar-refractivity contribution in [1.82, 2.24) is 15.2 Å². The summed E-state index contributed by atoms with van der Waals surface area (Å²) in [7, 11) is -2.45. The molecule has 1 atom stereocenters. The Kier molecular flexibility index (Phi) is 5.14. The molecule has 2 fully saturated rings. The first-order valence-corrected chi connectivity index (χ1v) is 10.9. The zero-order valence-corrected chi connectivity index (χ0v) is 15.2. The number of rotatable bonds is 3. The van der Waals surface area contributed by atoms with E-state index in [4.69, 9.17) is 0 Å². The molecule has 1 aromatic rings. The maximum atomic E-state index is 12.4. The summed E-state index contributed by atoms with van der Waals surface area (Å²) in [6.45, 7) is 2.77. The first-order valence-electron chi connectivity index (χ1n) is 8.17. The van der Waals surface area contributed by atoms with Gasteiger partial charge in [0.2, 0.25) is 0 Å². The van der Waals surface area contributed by atoms with Gasteiger partial charge in [0.05, 0.1) is 0 Å². The molecule has 2 aliphatic rings. The normalized spacial score (nSPS) is 25.5. The third-order valence-electron chi connectivity index (χ3n) is 4.65. The molecule has 9 heteroatoms. The first kappa shape index (κ1) is 17.7. The molecule has 7 nitrogen and oxygen atoms in total. The van der Waals surface area contributed by atoms with E-state index in [1.807, 2.05) is 11.8 Å². The Morgan fingerprint density at radius 2 is 2.04 bits per heavy atom. The van der Waals surface area contributed by atoms with Crippen LogP contribution in [0.15, 0.2) is 5.38 Å². The van der Waals surface area contributed by atoms with Crippen LogP contribution in [0.4, 0.5) is 0 Å². The molecule has 0 spiro atoms. The Morgan fingerprint density at radius 3 is 2.67 bits per heavy atom. The van der Waals surface area contributed by atoms with Gasteiger partial charge in [-0.05, 0) is 32.6 Å². The van der Waals surface area contributed by atoms with Crippen LogP contribution in [0, 0.1) is 0 Å². The molecule has 134 valence electrons. The zero-order chi connectivity index (χ0) is 17.3. The summed E-state index contributed by atoms with van der Waals surface area (Å²) < 4.78 is 19.2. The molecule has 0 bridgehead atoms. The van der Waals surface area contributed by atoms with Crippen molar-refractivity contribution in [2.75, 3.05) is 18.1 Å². The number of hydrogen-bond donors (Lipinski definition) is 3. The molecule has 2 aliphatic heterocycles. The van der Waals surface area contributed by atoms with Gasteiger partial charge < -0.3 is 10.2 Å². The number of nitrogens with zero attached hydrogens (tertiary/aromatic N) is 2.